The van der Waals surface area contributed by atoms with Crippen LogP contribution in [0.3, 0.4) is 0 Å². The van der Waals surface area contributed by atoms with Crippen LogP contribution in [0, 0.1) is 0 Å². The molecule has 116 valence electrons. The second-order valence-electron chi connectivity index (χ2n) is 3.97. The fourth-order valence-corrected chi connectivity index (χ4v) is 2.87. The van der Waals surface area contributed by atoms with Crippen LogP contribution in [0.4, 0.5) is 13.2 Å². The van der Waals surface area contributed by atoms with E-state index in [4.69, 9.17) is 0 Å². The molecule has 0 saturated carbocycles. The summed E-state index contributed by atoms with van der Waals surface area (Å²) in [6.07, 6.45) is 8.57. The van der Waals surface area contributed by atoms with Gasteiger partial charge < -0.3 is 9.50 Å². The zero-order valence-corrected chi connectivity index (χ0v) is 13.5. The molecule has 1 rings (SSSR count). The highest BCUT2D eigenvalue weighted by Gasteiger charge is 2.31. The summed E-state index contributed by atoms with van der Waals surface area (Å²) in [4.78, 5) is 0. The summed E-state index contributed by atoms with van der Waals surface area (Å²) in [5, 5.41) is 3.33. The lowest BCUT2D eigenvalue weighted by molar-refractivity contribution is -0.0382. The van der Waals surface area contributed by atoms with Crippen molar-refractivity contribution >= 4 is 20.0 Å². The quantitative estimate of drug-likeness (QED) is 0.355. The molecule has 1 fully saturated rings. The second-order valence-corrected chi connectivity index (χ2v) is 7.37. The lowest BCUT2D eigenvalue weighted by Gasteiger charge is -2.18. The van der Waals surface area contributed by atoms with Crippen LogP contribution in [0.5, 0.6) is 0 Å². The van der Waals surface area contributed by atoms with E-state index in [0.717, 1.165) is 0 Å². The molecule has 0 spiro atoms. The van der Waals surface area contributed by atoms with E-state index in [1.54, 1.807) is 13.0 Å². The third-order valence-electron chi connectivity index (χ3n) is 2.19. The van der Waals surface area contributed by atoms with E-state index in [-0.39, 0.29) is 5.76 Å². The van der Waals surface area contributed by atoms with E-state index < -0.39 is 17.6 Å². The van der Waals surface area contributed by atoms with Crippen LogP contribution in [-0.4, -0.2) is 37.6 Å². The van der Waals surface area contributed by atoms with Crippen LogP contribution in [0.15, 0.2) is 36.6 Å². The van der Waals surface area contributed by atoms with E-state index in [2.05, 4.69) is 22.7 Å². The van der Waals surface area contributed by atoms with Gasteiger partial charge in [0.2, 0.25) is 0 Å². The van der Waals surface area contributed by atoms with Gasteiger partial charge in [0.1, 0.15) is 5.76 Å². The number of hydrogen-bond donors (Lipinski definition) is 1. The average Bonchev–Trinajstić information content (AvgIpc) is 2.37. The molecule has 0 aromatic heterocycles. The van der Waals surface area contributed by atoms with E-state index >= 15 is 0 Å². The molecule has 0 aromatic rings. The van der Waals surface area contributed by atoms with Crippen molar-refractivity contribution < 1.29 is 17.4 Å². The zero-order valence-electron chi connectivity index (χ0n) is 11.7. The van der Waals surface area contributed by atoms with Gasteiger partial charge in [-0.3, -0.25) is 0 Å². The number of rotatable bonds is 4. The lowest BCUT2D eigenvalue weighted by atomic mass is 10.4. The predicted octanol–water partition coefficient (Wildman–Crippen LogP) is 4.52. The summed E-state index contributed by atoms with van der Waals surface area (Å²) < 4.78 is 39.4. The molecule has 1 heterocycles. The normalized spacial score (nSPS) is 17.6. The molecule has 1 aliphatic heterocycles. The van der Waals surface area contributed by atoms with Crippen molar-refractivity contribution in [3.05, 3.63) is 36.6 Å². The first-order chi connectivity index (χ1) is 9.39. The summed E-state index contributed by atoms with van der Waals surface area (Å²) in [7, 11) is 0.446. The van der Waals surface area contributed by atoms with Gasteiger partial charge in [-0.05, 0) is 51.2 Å². The van der Waals surface area contributed by atoms with Crippen LogP contribution >= 0.6 is 20.0 Å². The Bertz CT molecular complexity index is 326. The Morgan fingerprint density at radius 2 is 1.95 bits per heavy atom. The molecular weight excluding hydrogens is 306 g/mol. The third-order valence-corrected chi connectivity index (χ3v) is 4.62. The van der Waals surface area contributed by atoms with Gasteiger partial charge in [0.05, 0.1) is 0 Å². The predicted molar refractivity (Wildman–Crippen MR) is 83.3 cm³/mol. The Morgan fingerprint density at radius 1 is 1.35 bits per heavy atom. The van der Waals surface area contributed by atoms with Gasteiger partial charge in [0.25, 0.3) is 0 Å². The van der Waals surface area contributed by atoms with Crippen molar-refractivity contribution in [1.29, 1.82) is 0 Å². The first kappa shape index (κ1) is 19.6. The van der Waals surface area contributed by atoms with Gasteiger partial charge >= 0.3 is 5.51 Å². The van der Waals surface area contributed by atoms with Gasteiger partial charge in [0, 0.05) is 0 Å². The van der Waals surface area contributed by atoms with Gasteiger partial charge in [-0.2, -0.15) is 13.2 Å². The smallest absolute Gasteiger partial charge is 0.417 e. The van der Waals surface area contributed by atoms with Crippen molar-refractivity contribution in [2.75, 3.05) is 32.1 Å². The standard InChI is InChI=1S/C8H9F3OS.C5H12NP/c1-3-5-7(6-4-2)12-13-8(9,10)11;1-7-4-2-6-3-5-7/h3-6H,1H2,2H3;6H,2-5H2,1H3/b6-4-,7-5+;. The van der Waals surface area contributed by atoms with Crippen LogP contribution in [0.1, 0.15) is 6.92 Å². The van der Waals surface area contributed by atoms with Crippen molar-refractivity contribution in [3.63, 3.8) is 0 Å². The molecule has 0 bridgehead atoms. The maximum Gasteiger partial charge on any atom is 0.479 e. The average molecular weight is 327 g/mol. The van der Waals surface area contributed by atoms with E-state index in [9.17, 15) is 13.2 Å². The number of hydrogen-bond acceptors (Lipinski definition) is 3. The number of alkyl halides is 3. The number of halogens is 3. The Morgan fingerprint density at radius 3 is 2.30 bits per heavy atom. The van der Waals surface area contributed by atoms with Crippen molar-refractivity contribution in [3.8, 4) is 0 Å². The molecule has 0 amide bonds. The summed E-state index contributed by atoms with van der Waals surface area (Å²) in [5.74, 6) is 0.111. The zero-order chi connectivity index (χ0) is 15.4. The summed E-state index contributed by atoms with van der Waals surface area (Å²) in [6.45, 7) is 9.94. The third kappa shape index (κ3) is 12.6. The van der Waals surface area contributed by atoms with E-state index in [0.29, 0.717) is 7.92 Å². The first-order valence-electron chi connectivity index (χ1n) is 6.16. The Balaban J connectivity index is 0.000000428. The molecule has 2 nitrogen and oxygen atoms in total. The van der Waals surface area contributed by atoms with Crippen LogP contribution in [0.2, 0.25) is 0 Å². The van der Waals surface area contributed by atoms with E-state index in [1.807, 2.05) is 0 Å². The van der Waals surface area contributed by atoms with Crippen molar-refractivity contribution in [2.24, 2.45) is 0 Å². The Kier molecular flexibility index (Phi) is 11.0. The van der Waals surface area contributed by atoms with Crippen LogP contribution < -0.4 is 5.32 Å². The monoisotopic (exact) mass is 327 g/mol. The molecule has 7 heteroatoms. The molecule has 0 aromatic carbocycles. The Labute approximate surface area is 124 Å². The maximum atomic E-state index is 11.7. The van der Waals surface area contributed by atoms with Gasteiger partial charge in [-0.25, -0.2) is 0 Å². The topological polar surface area (TPSA) is 21.3 Å². The minimum absolute atomic E-state index is 0.111. The van der Waals surface area contributed by atoms with Gasteiger partial charge in [-0.15, -0.1) is 7.92 Å². The summed E-state index contributed by atoms with van der Waals surface area (Å²) >= 11 is -0.546. The van der Waals surface area contributed by atoms with Crippen LogP contribution in [-0.2, 0) is 4.18 Å². The molecular formula is C13H21F3NOPS. The fourth-order valence-electron chi connectivity index (χ4n) is 1.26. The highest BCUT2D eigenvalue weighted by atomic mass is 32.2. The first-order valence-corrected chi connectivity index (χ1v) is 9.06. The number of allylic oxidation sites excluding steroid dienone is 4. The lowest BCUT2D eigenvalue weighted by Crippen LogP contribution is -2.26. The molecule has 1 N–H and O–H groups in total. The van der Waals surface area contributed by atoms with Gasteiger partial charge in [-0.1, -0.05) is 18.7 Å². The Hall–Kier alpha value is -0.450. The molecule has 0 radical (unpaired) electrons. The molecule has 1 aliphatic rings. The number of nitrogens with one attached hydrogen (secondary N) is 1. The largest absolute Gasteiger partial charge is 0.479 e. The summed E-state index contributed by atoms with van der Waals surface area (Å²) in [6, 6.07) is 0. The molecule has 0 aliphatic carbocycles. The fraction of sp³-hybridized carbons (Fsp3) is 0.538. The second kappa shape index (κ2) is 11.2. The molecule has 1 saturated heterocycles. The SMILES string of the molecule is C=C/C=C(\C=C/C)OSC(F)(F)F.CP1CCNCC1. The minimum Gasteiger partial charge on any atom is -0.417 e. The van der Waals surface area contributed by atoms with Crippen molar-refractivity contribution in [1.82, 2.24) is 5.32 Å². The molecule has 20 heavy (non-hydrogen) atoms. The minimum atomic E-state index is -4.39. The molecule has 0 atom stereocenters. The van der Waals surface area contributed by atoms with Crippen molar-refractivity contribution in [2.45, 2.75) is 12.4 Å². The van der Waals surface area contributed by atoms with Crippen LogP contribution in [0.25, 0.3) is 0 Å². The highest BCUT2D eigenvalue weighted by Crippen LogP contribution is 2.33. The maximum absolute atomic E-state index is 11.7. The summed E-state index contributed by atoms with van der Waals surface area (Å²) in [5.41, 5.74) is -4.39. The van der Waals surface area contributed by atoms with Gasteiger partial charge in [0.15, 0.2) is 12.0 Å². The highest BCUT2D eigenvalue weighted by molar-refractivity contribution is 7.95. The molecule has 0 unspecified atom stereocenters. The van der Waals surface area contributed by atoms with E-state index in [1.165, 1.54) is 43.6 Å².